The third-order valence-corrected chi connectivity index (χ3v) is 7.68. The third-order valence-electron chi connectivity index (χ3n) is 7.68. The van der Waals surface area contributed by atoms with Crippen LogP contribution in [0.1, 0.15) is 51.0 Å². The minimum atomic E-state index is 0.419. The van der Waals surface area contributed by atoms with E-state index in [1.165, 1.54) is 50.6 Å². The monoisotopic (exact) mass is 447 g/mol. The van der Waals surface area contributed by atoms with Crippen molar-refractivity contribution in [3.8, 4) is 23.0 Å². The molecule has 0 radical (unpaired) electrons. The summed E-state index contributed by atoms with van der Waals surface area (Å²) in [6.07, 6.45) is 14.1. The van der Waals surface area contributed by atoms with Crippen molar-refractivity contribution in [3.05, 3.63) is 30.9 Å². The molecule has 1 aliphatic carbocycles. The maximum absolute atomic E-state index is 5.52. The number of nitrogens with zero attached hydrogens (tertiary/aromatic N) is 7. The lowest BCUT2D eigenvalue weighted by Crippen LogP contribution is -2.49. The molecule has 33 heavy (non-hydrogen) atoms. The molecule has 1 saturated carbocycles. The molecule has 0 aromatic carbocycles. The summed E-state index contributed by atoms with van der Waals surface area (Å²) in [5.41, 5.74) is 2.99. The maximum Gasteiger partial charge on any atom is 0.163 e. The van der Waals surface area contributed by atoms with Crippen LogP contribution in [0, 0.1) is 0 Å². The van der Waals surface area contributed by atoms with Crippen molar-refractivity contribution in [3.63, 3.8) is 0 Å². The van der Waals surface area contributed by atoms with Crippen LogP contribution in [-0.2, 0) is 4.74 Å². The second-order valence-electron chi connectivity index (χ2n) is 9.59. The predicted octanol–water partition coefficient (Wildman–Crippen LogP) is 3.65. The van der Waals surface area contributed by atoms with Crippen LogP contribution in [0.25, 0.3) is 23.0 Å². The Bertz CT molecular complexity index is 1020. The Morgan fingerprint density at radius 1 is 0.697 bits per heavy atom. The number of rotatable bonds is 4. The fourth-order valence-corrected chi connectivity index (χ4v) is 5.84. The normalized spacial score (nSPS) is 21.6. The smallest absolute Gasteiger partial charge is 0.163 e. The van der Waals surface area contributed by atoms with E-state index < -0.39 is 0 Å². The second kappa shape index (κ2) is 9.35. The molecule has 174 valence electrons. The first kappa shape index (κ1) is 21.0. The molecule has 0 amide bonds. The fourth-order valence-electron chi connectivity index (χ4n) is 5.84. The number of ether oxygens (including phenoxy) is 1. The minimum Gasteiger partial charge on any atom is -0.379 e. The van der Waals surface area contributed by atoms with Crippen LogP contribution in [0.4, 0.5) is 5.69 Å². The Hall–Kier alpha value is -2.58. The number of morpholine rings is 1. The van der Waals surface area contributed by atoms with Gasteiger partial charge >= 0.3 is 0 Å². The van der Waals surface area contributed by atoms with Crippen molar-refractivity contribution in [2.75, 3.05) is 44.3 Å². The molecule has 0 unspecified atom stereocenters. The molecule has 5 heterocycles. The van der Waals surface area contributed by atoms with Gasteiger partial charge in [0.15, 0.2) is 11.6 Å². The van der Waals surface area contributed by atoms with Gasteiger partial charge in [-0.2, -0.15) is 0 Å². The van der Waals surface area contributed by atoms with Crippen LogP contribution in [0.3, 0.4) is 0 Å². The van der Waals surface area contributed by atoms with Crippen LogP contribution in [0.5, 0.6) is 0 Å². The topological polar surface area (TPSA) is 72.2 Å². The maximum atomic E-state index is 5.52. The molecule has 3 fully saturated rings. The number of aromatic nitrogens is 5. The van der Waals surface area contributed by atoms with Gasteiger partial charge < -0.3 is 14.2 Å². The van der Waals surface area contributed by atoms with Crippen molar-refractivity contribution in [2.24, 2.45) is 0 Å². The molecule has 1 aromatic heterocycles. The van der Waals surface area contributed by atoms with Crippen LogP contribution in [0.2, 0.25) is 0 Å². The lowest BCUT2D eigenvalue weighted by Gasteiger charge is -2.40. The highest BCUT2D eigenvalue weighted by atomic mass is 16.5. The van der Waals surface area contributed by atoms with Gasteiger partial charge in [0.05, 0.1) is 31.3 Å². The molecule has 8 nitrogen and oxygen atoms in total. The molecule has 6 rings (SSSR count). The molecule has 0 spiro atoms. The zero-order chi connectivity index (χ0) is 22.0. The summed E-state index contributed by atoms with van der Waals surface area (Å²) in [7, 11) is 0. The van der Waals surface area contributed by atoms with Gasteiger partial charge in [0.2, 0.25) is 0 Å². The number of imidazole rings is 1. The van der Waals surface area contributed by atoms with E-state index in [-0.39, 0.29) is 0 Å². The summed E-state index contributed by atoms with van der Waals surface area (Å²) in [6, 6.07) is 5.45. The van der Waals surface area contributed by atoms with Crippen molar-refractivity contribution in [1.29, 1.82) is 0 Å². The van der Waals surface area contributed by atoms with E-state index in [2.05, 4.69) is 36.5 Å². The van der Waals surface area contributed by atoms with Crippen LogP contribution in [-0.4, -0.2) is 74.8 Å². The standard InChI is InChI=1S/C25H33N7O/c1-2-4-20(5-3-1)32-24(27-17-23-25(32)29-18-28-23)22-7-6-21(16-26-22)30-10-8-19(9-11-30)31-12-14-33-15-13-31/h6-7,16-20H,1-5,8-15H2. The average Bonchev–Trinajstić information content (AvgIpc) is 3.38. The highest BCUT2D eigenvalue weighted by Gasteiger charge is 2.27. The lowest BCUT2D eigenvalue weighted by molar-refractivity contribution is 0.0115. The molecule has 8 heteroatoms. The molecule has 2 saturated heterocycles. The van der Waals surface area contributed by atoms with Gasteiger partial charge in [-0.15, -0.1) is 0 Å². The van der Waals surface area contributed by atoms with E-state index in [1.807, 2.05) is 12.4 Å². The average molecular weight is 448 g/mol. The Morgan fingerprint density at radius 2 is 1.48 bits per heavy atom. The van der Waals surface area contributed by atoms with Crippen LogP contribution < -0.4 is 4.90 Å². The van der Waals surface area contributed by atoms with Gasteiger partial charge in [0.1, 0.15) is 17.7 Å². The van der Waals surface area contributed by atoms with Gasteiger partial charge in [0.25, 0.3) is 0 Å². The van der Waals surface area contributed by atoms with Crippen molar-refractivity contribution < 1.29 is 4.74 Å². The Labute approximate surface area is 195 Å². The number of hydrogen-bond donors (Lipinski definition) is 0. The van der Waals surface area contributed by atoms with E-state index >= 15 is 0 Å². The van der Waals surface area contributed by atoms with Gasteiger partial charge in [-0.05, 0) is 37.8 Å². The van der Waals surface area contributed by atoms with Crippen molar-refractivity contribution in [2.45, 2.75) is 57.0 Å². The molecule has 0 atom stereocenters. The van der Waals surface area contributed by atoms with Crippen molar-refractivity contribution in [1.82, 2.24) is 29.4 Å². The zero-order valence-corrected chi connectivity index (χ0v) is 19.3. The number of hydrogen-bond acceptors (Lipinski definition) is 7. The second-order valence-corrected chi connectivity index (χ2v) is 9.59. The largest absolute Gasteiger partial charge is 0.379 e. The van der Waals surface area contributed by atoms with Gasteiger partial charge in [0, 0.05) is 38.3 Å². The summed E-state index contributed by atoms with van der Waals surface area (Å²) < 4.78 is 7.82. The summed E-state index contributed by atoms with van der Waals surface area (Å²) in [5, 5.41) is 0. The fraction of sp³-hybridized carbons (Fsp3) is 0.600. The molecule has 0 bridgehead atoms. The molecule has 5 aliphatic rings. The Morgan fingerprint density at radius 3 is 2.24 bits per heavy atom. The van der Waals surface area contributed by atoms with Crippen LogP contribution in [0.15, 0.2) is 30.9 Å². The first-order valence-electron chi connectivity index (χ1n) is 12.6. The SMILES string of the molecule is c1nc2cnc(-c3ccc(N4CCC(N5CCOCC5)CC4)cn3)n(C3CCCCC3)c-2n1. The summed E-state index contributed by atoms with van der Waals surface area (Å²) in [6.45, 7) is 6.07. The van der Waals surface area contributed by atoms with E-state index in [4.69, 9.17) is 14.7 Å². The summed E-state index contributed by atoms with van der Waals surface area (Å²) in [4.78, 5) is 23.7. The minimum absolute atomic E-state index is 0.419. The molecule has 0 N–H and O–H groups in total. The Kier molecular flexibility index (Phi) is 5.94. The predicted molar refractivity (Wildman–Crippen MR) is 127 cm³/mol. The van der Waals surface area contributed by atoms with E-state index in [0.717, 1.165) is 62.4 Å². The van der Waals surface area contributed by atoms with E-state index in [9.17, 15) is 0 Å². The first-order valence-corrected chi connectivity index (χ1v) is 12.6. The summed E-state index contributed by atoms with van der Waals surface area (Å²) >= 11 is 0. The first-order chi connectivity index (χ1) is 16.4. The van der Waals surface area contributed by atoms with E-state index in [0.29, 0.717) is 12.1 Å². The lowest BCUT2D eigenvalue weighted by atomic mass is 9.94. The van der Waals surface area contributed by atoms with Gasteiger partial charge in [-0.25, -0.2) is 15.0 Å². The number of pyridine rings is 1. The third kappa shape index (κ3) is 4.22. The van der Waals surface area contributed by atoms with Gasteiger partial charge in [-0.1, -0.05) is 19.3 Å². The van der Waals surface area contributed by atoms with Gasteiger partial charge in [-0.3, -0.25) is 9.88 Å². The summed E-state index contributed by atoms with van der Waals surface area (Å²) in [5.74, 6) is 1.84. The van der Waals surface area contributed by atoms with E-state index in [1.54, 1.807) is 6.33 Å². The highest BCUT2D eigenvalue weighted by Crippen LogP contribution is 2.35. The molecular formula is C25H33N7O. The molecule has 4 aliphatic heterocycles. The molecular weight excluding hydrogens is 414 g/mol. The number of fused-ring (bicyclic) bond motifs is 1. The highest BCUT2D eigenvalue weighted by molar-refractivity contribution is 5.61. The zero-order valence-electron chi connectivity index (χ0n) is 19.3. The molecule has 1 aromatic rings. The van der Waals surface area contributed by atoms with Crippen LogP contribution >= 0.6 is 0 Å². The quantitative estimate of drug-likeness (QED) is 0.604. The number of anilines is 1. The van der Waals surface area contributed by atoms with Crippen molar-refractivity contribution >= 4 is 5.69 Å². The Balaban J connectivity index is 1.21. The number of piperidine rings is 1.